The van der Waals surface area contributed by atoms with Crippen LogP contribution >= 0.6 is 0 Å². The van der Waals surface area contributed by atoms with Crippen LogP contribution < -0.4 is 0 Å². The van der Waals surface area contributed by atoms with Gasteiger partial charge in [-0.1, -0.05) is 10.3 Å². The van der Waals surface area contributed by atoms with Gasteiger partial charge in [0.2, 0.25) is 5.96 Å². The highest BCUT2D eigenvalue weighted by atomic mass is 15.5. The third-order valence-electron chi connectivity index (χ3n) is 0.742. The maximum Gasteiger partial charge on any atom is 0.239 e. The number of nitrogens with zero attached hydrogens (tertiary/aromatic N) is 4. The molecule has 0 fully saturated rings. The van der Waals surface area contributed by atoms with Crippen LogP contribution in [-0.2, 0) is 0 Å². The molecule has 0 saturated heterocycles. The lowest BCUT2D eigenvalue weighted by Gasteiger charge is -2.07. The molecule has 1 N–H and O–H groups in total. The van der Waals surface area contributed by atoms with Crippen LogP contribution in [0, 0.1) is 5.41 Å². The summed E-state index contributed by atoms with van der Waals surface area (Å²) < 4.78 is 0. The van der Waals surface area contributed by atoms with E-state index in [0.29, 0.717) is 0 Å². The Balaban J connectivity index is 3.79. The standard InChI is InChI=1S/C5H13N5/c1-9(2)5(6)7-8-10(3)4/h6H,1-4H3. The summed E-state index contributed by atoms with van der Waals surface area (Å²) in [5.41, 5.74) is 0. The van der Waals surface area contributed by atoms with E-state index in [0.717, 1.165) is 0 Å². The van der Waals surface area contributed by atoms with Crippen LogP contribution in [-0.4, -0.2) is 44.1 Å². The third-order valence-corrected chi connectivity index (χ3v) is 0.742. The molecular formula is C5H13N5. The fourth-order valence-corrected chi connectivity index (χ4v) is 0.221. The van der Waals surface area contributed by atoms with Gasteiger partial charge in [-0.25, -0.2) is 0 Å². The Morgan fingerprint density at radius 1 is 1.20 bits per heavy atom. The van der Waals surface area contributed by atoms with Gasteiger partial charge in [0.25, 0.3) is 0 Å². The van der Waals surface area contributed by atoms with E-state index in [4.69, 9.17) is 5.41 Å². The summed E-state index contributed by atoms with van der Waals surface area (Å²) in [6.07, 6.45) is 0. The predicted octanol–water partition coefficient (Wildman–Crippen LogP) is 0.412. The molecule has 0 aromatic carbocycles. The lowest BCUT2D eigenvalue weighted by atomic mass is 10.8. The van der Waals surface area contributed by atoms with Crippen LogP contribution in [0.15, 0.2) is 10.3 Å². The summed E-state index contributed by atoms with van der Waals surface area (Å²) >= 11 is 0. The summed E-state index contributed by atoms with van der Waals surface area (Å²) in [6, 6.07) is 0. The molecule has 0 aromatic rings. The minimum atomic E-state index is 0.147. The molecule has 0 atom stereocenters. The molecule has 10 heavy (non-hydrogen) atoms. The normalized spacial score (nSPS) is 10.0. The summed E-state index contributed by atoms with van der Waals surface area (Å²) in [7, 11) is 7.01. The van der Waals surface area contributed by atoms with Crippen LogP contribution in [0.1, 0.15) is 0 Å². The molecule has 0 aromatic heterocycles. The van der Waals surface area contributed by atoms with Crippen molar-refractivity contribution >= 4 is 5.96 Å². The fraction of sp³-hybridized carbons (Fsp3) is 0.800. The Bertz CT molecular complexity index is 137. The monoisotopic (exact) mass is 143 g/mol. The van der Waals surface area contributed by atoms with Crippen molar-refractivity contribution in [3.63, 3.8) is 0 Å². The van der Waals surface area contributed by atoms with E-state index < -0.39 is 0 Å². The minimum absolute atomic E-state index is 0.147. The number of rotatable bonds is 1. The van der Waals surface area contributed by atoms with Crippen LogP contribution in [0.25, 0.3) is 0 Å². The van der Waals surface area contributed by atoms with E-state index >= 15 is 0 Å². The van der Waals surface area contributed by atoms with Gasteiger partial charge in [0.1, 0.15) is 0 Å². The molecule has 0 unspecified atom stereocenters. The van der Waals surface area contributed by atoms with Crippen molar-refractivity contribution in [2.45, 2.75) is 0 Å². The topological polar surface area (TPSA) is 55.1 Å². The van der Waals surface area contributed by atoms with Gasteiger partial charge in [0.15, 0.2) is 0 Å². The van der Waals surface area contributed by atoms with Gasteiger partial charge >= 0.3 is 0 Å². The molecule has 5 nitrogen and oxygen atoms in total. The first-order chi connectivity index (χ1) is 4.54. The van der Waals surface area contributed by atoms with E-state index in [1.807, 2.05) is 0 Å². The van der Waals surface area contributed by atoms with Crippen molar-refractivity contribution in [1.29, 1.82) is 5.41 Å². The van der Waals surface area contributed by atoms with Gasteiger partial charge in [0.05, 0.1) is 0 Å². The minimum Gasteiger partial charge on any atom is -0.346 e. The predicted molar refractivity (Wildman–Crippen MR) is 40.0 cm³/mol. The van der Waals surface area contributed by atoms with Crippen molar-refractivity contribution in [2.24, 2.45) is 10.3 Å². The molecule has 0 aliphatic carbocycles. The number of hydrogen-bond acceptors (Lipinski definition) is 2. The Kier molecular flexibility index (Phi) is 3.38. The second-order valence-electron chi connectivity index (χ2n) is 2.25. The van der Waals surface area contributed by atoms with Gasteiger partial charge < -0.3 is 4.90 Å². The van der Waals surface area contributed by atoms with Gasteiger partial charge in [-0.2, -0.15) is 0 Å². The molecule has 0 rings (SSSR count). The zero-order valence-corrected chi connectivity index (χ0v) is 6.79. The molecule has 0 aliphatic rings. The molecule has 0 aliphatic heterocycles. The van der Waals surface area contributed by atoms with Gasteiger partial charge in [-0.05, 0) is 0 Å². The maximum absolute atomic E-state index is 7.18. The largest absolute Gasteiger partial charge is 0.346 e. The van der Waals surface area contributed by atoms with Crippen molar-refractivity contribution < 1.29 is 0 Å². The van der Waals surface area contributed by atoms with Crippen molar-refractivity contribution in [1.82, 2.24) is 9.91 Å². The zero-order chi connectivity index (χ0) is 8.15. The van der Waals surface area contributed by atoms with Gasteiger partial charge in [-0.3, -0.25) is 10.4 Å². The van der Waals surface area contributed by atoms with E-state index in [1.54, 1.807) is 33.1 Å². The zero-order valence-electron chi connectivity index (χ0n) is 6.79. The third kappa shape index (κ3) is 3.82. The Hall–Kier alpha value is -1.13. The smallest absolute Gasteiger partial charge is 0.239 e. The average Bonchev–Trinajstić information content (AvgIpc) is 1.82. The molecular weight excluding hydrogens is 130 g/mol. The Morgan fingerprint density at radius 3 is 2.00 bits per heavy atom. The molecule has 0 saturated carbocycles. The van der Waals surface area contributed by atoms with Crippen LogP contribution in [0.5, 0.6) is 0 Å². The molecule has 0 heterocycles. The van der Waals surface area contributed by atoms with E-state index in [9.17, 15) is 0 Å². The highest BCUT2D eigenvalue weighted by Gasteiger charge is 1.93. The first-order valence-electron chi connectivity index (χ1n) is 2.89. The first-order valence-corrected chi connectivity index (χ1v) is 2.89. The number of hydrogen-bond donors (Lipinski definition) is 1. The Labute approximate surface area is 60.8 Å². The van der Waals surface area contributed by atoms with E-state index in [2.05, 4.69) is 10.3 Å². The van der Waals surface area contributed by atoms with Crippen LogP contribution in [0.3, 0.4) is 0 Å². The molecule has 0 bridgehead atoms. The Morgan fingerprint density at radius 2 is 1.70 bits per heavy atom. The first kappa shape index (κ1) is 8.87. The van der Waals surface area contributed by atoms with Crippen molar-refractivity contribution in [3.8, 4) is 0 Å². The van der Waals surface area contributed by atoms with E-state index in [1.165, 1.54) is 5.01 Å². The van der Waals surface area contributed by atoms with Crippen LogP contribution in [0.2, 0.25) is 0 Å². The summed E-state index contributed by atoms with van der Waals surface area (Å²) in [5, 5.41) is 15.9. The fourth-order valence-electron chi connectivity index (χ4n) is 0.221. The van der Waals surface area contributed by atoms with Crippen LogP contribution in [0.4, 0.5) is 0 Å². The molecule has 0 spiro atoms. The second-order valence-corrected chi connectivity index (χ2v) is 2.25. The van der Waals surface area contributed by atoms with Crippen molar-refractivity contribution in [2.75, 3.05) is 28.2 Å². The van der Waals surface area contributed by atoms with E-state index in [-0.39, 0.29) is 5.96 Å². The number of guanidine groups is 1. The maximum atomic E-state index is 7.18. The molecule has 0 amide bonds. The SMILES string of the molecule is CN(C)N=NC(=N)N(C)C. The summed E-state index contributed by atoms with van der Waals surface area (Å²) in [5.74, 6) is 0.147. The highest BCUT2D eigenvalue weighted by molar-refractivity contribution is 5.76. The highest BCUT2D eigenvalue weighted by Crippen LogP contribution is 1.84. The molecule has 58 valence electrons. The second kappa shape index (κ2) is 3.81. The van der Waals surface area contributed by atoms with Gasteiger partial charge in [-0.15, -0.1) is 0 Å². The summed E-state index contributed by atoms with van der Waals surface area (Å²) in [6.45, 7) is 0. The quantitative estimate of drug-likeness (QED) is 0.250. The molecule has 0 radical (unpaired) electrons. The van der Waals surface area contributed by atoms with Gasteiger partial charge in [0, 0.05) is 28.2 Å². The average molecular weight is 143 g/mol. The molecule has 5 heteroatoms. The lowest BCUT2D eigenvalue weighted by molar-refractivity contribution is 0.405. The number of nitrogens with one attached hydrogen (secondary N) is 1. The van der Waals surface area contributed by atoms with Crippen molar-refractivity contribution in [3.05, 3.63) is 0 Å². The lowest BCUT2D eigenvalue weighted by Crippen LogP contribution is -2.18. The summed E-state index contributed by atoms with van der Waals surface area (Å²) in [4.78, 5) is 1.58.